The first-order valence-electron chi connectivity index (χ1n) is 3.63. The van der Waals surface area contributed by atoms with Crippen LogP contribution < -0.4 is 4.74 Å². The molecule has 0 aliphatic heterocycles. The molecule has 12 heavy (non-hydrogen) atoms. The summed E-state index contributed by atoms with van der Waals surface area (Å²) < 4.78 is 17.9. The first kappa shape index (κ1) is 9.00. The lowest BCUT2D eigenvalue weighted by atomic mass is 10.1. The molecule has 0 fully saturated rings. The highest BCUT2D eigenvalue weighted by Gasteiger charge is 2.06. The fourth-order valence-corrected chi connectivity index (χ4v) is 1.01. The van der Waals surface area contributed by atoms with Crippen LogP contribution in [0.2, 0.25) is 0 Å². The molecule has 0 amide bonds. The highest BCUT2D eigenvalue weighted by molar-refractivity contribution is 5.37. The van der Waals surface area contributed by atoms with Crippen molar-refractivity contribution in [3.63, 3.8) is 0 Å². The summed E-state index contributed by atoms with van der Waals surface area (Å²) in [5, 5.41) is 8.75. The molecular formula is C9H11FO2. The van der Waals surface area contributed by atoms with Crippen LogP contribution in [0, 0.1) is 12.7 Å². The molecular weight excluding hydrogens is 159 g/mol. The van der Waals surface area contributed by atoms with Gasteiger partial charge in [-0.25, -0.2) is 4.39 Å². The van der Waals surface area contributed by atoms with E-state index in [-0.39, 0.29) is 12.4 Å². The Morgan fingerprint density at radius 1 is 1.50 bits per heavy atom. The van der Waals surface area contributed by atoms with E-state index >= 15 is 0 Å². The Hall–Kier alpha value is -1.09. The topological polar surface area (TPSA) is 29.5 Å². The van der Waals surface area contributed by atoms with E-state index in [0.29, 0.717) is 16.9 Å². The van der Waals surface area contributed by atoms with Gasteiger partial charge in [-0.15, -0.1) is 0 Å². The Morgan fingerprint density at radius 2 is 2.17 bits per heavy atom. The molecule has 0 aliphatic carbocycles. The van der Waals surface area contributed by atoms with Gasteiger partial charge < -0.3 is 9.84 Å². The Morgan fingerprint density at radius 3 is 2.67 bits per heavy atom. The van der Waals surface area contributed by atoms with Crippen LogP contribution in [0.25, 0.3) is 0 Å². The van der Waals surface area contributed by atoms with Crippen molar-refractivity contribution in [2.75, 3.05) is 7.11 Å². The summed E-state index contributed by atoms with van der Waals surface area (Å²) in [6.07, 6.45) is 0. The lowest BCUT2D eigenvalue weighted by Crippen LogP contribution is -1.94. The maximum Gasteiger partial charge on any atom is 0.130 e. The van der Waals surface area contributed by atoms with E-state index in [4.69, 9.17) is 9.84 Å². The van der Waals surface area contributed by atoms with Crippen LogP contribution in [0.15, 0.2) is 12.1 Å². The molecule has 0 atom stereocenters. The number of methoxy groups -OCH3 is 1. The van der Waals surface area contributed by atoms with E-state index in [2.05, 4.69) is 0 Å². The van der Waals surface area contributed by atoms with Gasteiger partial charge in [0, 0.05) is 5.56 Å². The van der Waals surface area contributed by atoms with Crippen LogP contribution in [-0.4, -0.2) is 12.2 Å². The fraction of sp³-hybridized carbons (Fsp3) is 0.333. The third-order valence-electron chi connectivity index (χ3n) is 1.76. The van der Waals surface area contributed by atoms with Gasteiger partial charge in [0.1, 0.15) is 11.6 Å². The van der Waals surface area contributed by atoms with Gasteiger partial charge in [-0.3, -0.25) is 0 Å². The molecule has 0 aliphatic rings. The minimum atomic E-state index is -0.349. The van der Waals surface area contributed by atoms with Gasteiger partial charge in [0.2, 0.25) is 0 Å². The molecule has 0 unspecified atom stereocenters. The van der Waals surface area contributed by atoms with Gasteiger partial charge in [0.05, 0.1) is 13.7 Å². The average molecular weight is 170 g/mol. The number of hydrogen-bond acceptors (Lipinski definition) is 2. The molecule has 1 rings (SSSR count). The van der Waals surface area contributed by atoms with Crippen molar-refractivity contribution in [1.29, 1.82) is 0 Å². The lowest BCUT2D eigenvalue weighted by molar-refractivity contribution is 0.280. The van der Waals surface area contributed by atoms with Gasteiger partial charge in [-0.05, 0) is 24.6 Å². The van der Waals surface area contributed by atoms with Crippen molar-refractivity contribution >= 4 is 0 Å². The van der Waals surface area contributed by atoms with E-state index in [0.717, 1.165) is 0 Å². The minimum absolute atomic E-state index is 0.173. The zero-order chi connectivity index (χ0) is 9.14. The van der Waals surface area contributed by atoms with Gasteiger partial charge in [-0.2, -0.15) is 0 Å². The molecule has 66 valence electrons. The number of rotatable bonds is 2. The second kappa shape index (κ2) is 3.54. The summed E-state index contributed by atoms with van der Waals surface area (Å²) in [4.78, 5) is 0. The Balaban J connectivity index is 3.19. The number of halogens is 1. The van der Waals surface area contributed by atoms with Crippen molar-refractivity contribution in [3.8, 4) is 5.75 Å². The summed E-state index contributed by atoms with van der Waals surface area (Å²) in [6, 6.07) is 2.93. The zero-order valence-corrected chi connectivity index (χ0v) is 7.10. The highest BCUT2D eigenvalue weighted by Crippen LogP contribution is 2.22. The maximum absolute atomic E-state index is 13.0. The Bertz CT molecular complexity index is 284. The van der Waals surface area contributed by atoms with Crippen LogP contribution in [0.3, 0.4) is 0 Å². The number of benzene rings is 1. The lowest BCUT2D eigenvalue weighted by Gasteiger charge is -2.06. The van der Waals surface area contributed by atoms with Crippen molar-refractivity contribution in [2.24, 2.45) is 0 Å². The van der Waals surface area contributed by atoms with E-state index < -0.39 is 0 Å². The van der Waals surface area contributed by atoms with Crippen molar-refractivity contribution in [2.45, 2.75) is 13.5 Å². The summed E-state index contributed by atoms with van der Waals surface area (Å²) in [5.41, 5.74) is 0.990. The van der Waals surface area contributed by atoms with E-state index in [1.807, 2.05) is 0 Å². The second-order valence-corrected chi connectivity index (χ2v) is 2.56. The molecule has 3 heteroatoms. The molecule has 0 spiro atoms. The van der Waals surface area contributed by atoms with Crippen LogP contribution in [0.5, 0.6) is 5.75 Å². The molecule has 1 aromatic carbocycles. The number of ether oxygens (including phenoxy) is 1. The molecule has 0 saturated carbocycles. The fourth-order valence-electron chi connectivity index (χ4n) is 1.01. The Labute approximate surface area is 70.6 Å². The summed E-state index contributed by atoms with van der Waals surface area (Å²) in [7, 11) is 1.48. The molecule has 0 radical (unpaired) electrons. The minimum Gasteiger partial charge on any atom is -0.496 e. The van der Waals surface area contributed by atoms with Gasteiger partial charge in [0.25, 0.3) is 0 Å². The second-order valence-electron chi connectivity index (χ2n) is 2.56. The maximum atomic E-state index is 13.0. The van der Waals surface area contributed by atoms with Gasteiger partial charge in [-0.1, -0.05) is 0 Å². The quantitative estimate of drug-likeness (QED) is 0.731. The molecule has 2 nitrogen and oxygen atoms in total. The molecule has 1 N–H and O–H groups in total. The first-order valence-corrected chi connectivity index (χ1v) is 3.63. The van der Waals surface area contributed by atoms with Crippen LogP contribution in [-0.2, 0) is 6.61 Å². The van der Waals surface area contributed by atoms with Gasteiger partial charge >= 0.3 is 0 Å². The third kappa shape index (κ3) is 1.56. The average Bonchev–Trinajstić information content (AvgIpc) is 2.09. The standard InChI is InChI=1S/C9H11FO2/c1-6-8(10)3-7(5-11)4-9(6)12-2/h3-4,11H,5H2,1-2H3. The largest absolute Gasteiger partial charge is 0.496 e. The first-order chi connectivity index (χ1) is 5.69. The predicted octanol–water partition coefficient (Wildman–Crippen LogP) is 1.64. The van der Waals surface area contributed by atoms with Gasteiger partial charge in [0.15, 0.2) is 0 Å². The van der Waals surface area contributed by atoms with E-state index in [1.165, 1.54) is 13.2 Å². The summed E-state index contributed by atoms with van der Waals surface area (Å²) in [5.74, 6) is 0.123. The molecule has 0 saturated heterocycles. The number of aliphatic hydroxyl groups is 1. The molecule has 0 aromatic heterocycles. The Kier molecular flexibility index (Phi) is 2.65. The number of hydrogen-bond donors (Lipinski definition) is 1. The van der Waals surface area contributed by atoms with E-state index in [9.17, 15) is 4.39 Å². The summed E-state index contributed by atoms with van der Waals surface area (Å²) >= 11 is 0. The smallest absolute Gasteiger partial charge is 0.130 e. The highest BCUT2D eigenvalue weighted by atomic mass is 19.1. The molecule has 0 heterocycles. The third-order valence-corrected chi connectivity index (χ3v) is 1.76. The van der Waals surface area contributed by atoms with E-state index in [1.54, 1.807) is 13.0 Å². The van der Waals surface area contributed by atoms with Crippen LogP contribution >= 0.6 is 0 Å². The molecule has 0 bridgehead atoms. The summed E-state index contributed by atoms with van der Waals surface area (Å²) in [6.45, 7) is 1.46. The number of aliphatic hydroxyl groups excluding tert-OH is 1. The predicted molar refractivity (Wildman–Crippen MR) is 43.6 cm³/mol. The van der Waals surface area contributed by atoms with Crippen LogP contribution in [0.4, 0.5) is 4.39 Å². The normalized spacial score (nSPS) is 10.0. The van der Waals surface area contributed by atoms with Crippen molar-refractivity contribution in [1.82, 2.24) is 0 Å². The van der Waals surface area contributed by atoms with Crippen molar-refractivity contribution < 1.29 is 14.2 Å². The monoisotopic (exact) mass is 170 g/mol. The molecule has 1 aromatic rings. The SMILES string of the molecule is COc1cc(CO)cc(F)c1C. The van der Waals surface area contributed by atoms with Crippen LogP contribution in [0.1, 0.15) is 11.1 Å². The van der Waals surface area contributed by atoms with Crippen molar-refractivity contribution in [3.05, 3.63) is 29.1 Å². The zero-order valence-electron chi connectivity index (χ0n) is 7.10.